The van der Waals surface area contributed by atoms with Crippen LogP contribution in [-0.2, 0) is 38.1 Å². The fourth-order valence-corrected chi connectivity index (χ4v) is 7.04. The molecule has 0 spiro atoms. The van der Waals surface area contributed by atoms with Crippen LogP contribution >= 0.6 is 0 Å². The van der Waals surface area contributed by atoms with Crippen LogP contribution in [0, 0.1) is 0 Å². The summed E-state index contributed by atoms with van der Waals surface area (Å²) in [6, 6.07) is 9.72. The number of carbonyl (C=O) groups is 1. The molecule has 1 amide bonds. The van der Waals surface area contributed by atoms with Crippen molar-refractivity contribution in [1.29, 1.82) is 0 Å². The molecule has 1 atom stereocenters. The van der Waals surface area contributed by atoms with E-state index in [2.05, 4.69) is 26.9 Å². The van der Waals surface area contributed by atoms with Crippen LogP contribution in [0.4, 0.5) is 27.6 Å². The average molecular weight is 603 g/mol. The minimum Gasteiger partial charge on any atom is -0.321 e. The third-order valence-corrected chi connectivity index (χ3v) is 9.34. The topological polar surface area (TPSA) is 57.5 Å². The Morgan fingerprint density at radius 3 is 2.49 bits per heavy atom. The molecule has 3 aliphatic rings. The van der Waals surface area contributed by atoms with Crippen LogP contribution in [0.5, 0.6) is 0 Å². The molecule has 2 aromatic carbocycles. The molecule has 0 bridgehead atoms. The highest BCUT2D eigenvalue weighted by Crippen LogP contribution is 2.55. The van der Waals surface area contributed by atoms with Crippen LogP contribution in [0.2, 0.25) is 0 Å². The maximum atomic E-state index is 14.4. The Morgan fingerprint density at radius 2 is 1.84 bits per heavy atom. The van der Waals surface area contributed by atoms with Crippen LogP contribution in [-0.4, -0.2) is 69.1 Å². The summed E-state index contributed by atoms with van der Waals surface area (Å²) in [6.07, 6.45) is -2.82. The first-order valence-corrected chi connectivity index (χ1v) is 14.6. The Balaban J connectivity index is 1.32. The highest BCUT2D eigenvalue weighted by Gasteiger charge is 2.57. The molecule has 2 fully saturated rings. The number of hydrogen-bond acceptors (Lipinski definition) is 5. The van der Waals surface area contributed by atoms with E-state index in [1.165, 1.54) is 17.3 Å². The molecule has 3 aromatic rings. The van der Waals surface area contributed by atoms with Gasteiger partial charge in [-0.3, -0.25) is 9.69 Å². The molecule has 0 radical (unpaired) electrons. The second kappa shape index (κ2) is 10.7. The summed E-state index contributed by atoms with van der Waals surface area (Å²) in [5.41, 5.74) is -0.309. The number of benzene rings is 2. The number of piperazine rings is 1. The van der Waals surface area contributed by atoms with Crippen LogP contribution in [0.1, 0.15) is 64.6 Å². The number of fused-ring (bicyclic) bond motifs is 1. The van der Waals surface area contributed by atoms with Gasteiger partial charge in [-0.05, 0) is 54.4 Å². The molecule has 1 aromatic heterocycles. The maximum absolute atomic E-state index is 14.4. The molecular formula is C31H35F5N6O. The monoisotopic (exact) mass is 602 g/mol. The highest BCUT2D eigenvalue weighted by atomic mass is 19.4. The van der Waals surface area contributed by atoms with Crippen molar-refractivity contribution in [2.24, 2.45) is 7.05 Å². The Morgan fingerprint density at radius 1 is 1.07 bits per heavy atom. The number of alkyl halides is 5. The van der Waals surface area contributed by atoms with Gasteiger partial charge in [0.25, 0.3) is 5.91 Å². The van der Waals surface area contributed by atoms with Crippen LogP contribution in [0.15, 0.2) is 42.7 Å². The van der Waals surface area contributed by atoms with E-state index in [-0.39, 0.29) is 30.1 Å². The summed E-state index contributed by atoms with van der Waals surface area (Å²) >= 11 is 0. The molecule has 1 aliphatic carbocycles. The quantitative estimate of drug-likeness (QED) is 0.338. The predicted octanol–water partition coefficient (Wildman–Crippen LogP) is 5.43. The fourth-order valence-electron chi connectivity index (χ4n) is 7.04. The summed E-state index contributed by atoms with van der Waals surface area (Å²) in [5, 5.41) is 7.95. The number of nitrogens with zero attached hydrogens (tertiary/aromatic N) is 6. The molecule has 2 aliphatic heterocycles. The SMILES string of the molecule is CC[C@H]1CN(C)CCN1Cc1cc2c(c(C(F)(F)F)c1)CN(c1cccc(C3(Cc4nncn4C)CC(F)(F)C3)c1)C2=O. The molecule has 1 saturated heterocycles. The Hall–Kier alpha value is -3.38. The first-order valence-electron chi connectivity index (χ1n) is 14.6. The van der Waals surface area contributed by atoms with Crippen molar-refractivity contribution in [3.8, 4) is 0 Å². The predicted molar refractivity (Wildman–Crippen MR) is 151 cm³/mol. The molecule has 230 valence electrons. The molecule has 6 rings (SSSR count). The Kier molecular flexibility index (Phi) is 7.36. The number of rotatable bonds is 7. The van der Waals surface area contributed by atoms with Gasteiger partial charge in [0, 0.05) is 75.2 Å². The Labute approximate surface area is 247 Å². The van der Waals surface area contributed by atoms with Gasteiger partial charge in [0.2, 0.25) is 5.92 Å². The third kappa shape index (κ3) is 5.55. The number of likely N-dealkylation sites (N-methyl/N-ethyl adjacent to an activating group) is 1. The largest absolute Gasteiger partial charge is 0.416 e. The zero-order chi connectivity index (χ0) is 30.7. The van der Waals surface area contributed by atoms with Crippen molar-refractivity contribution in [2.75, 3.05) is 31.6 Å². The van der Waals surface area contributed by atoms with Crippen molar-refractivity contribution >= 4 is 11.6 Å². The van der Waals surface area contributed by atoms with Gasteiger partial charge in [0.1, 0.15) is 12.2 Å². The van der Waals surface area contributed by atoms with Gasteiger partial charge in [-0.25, -0.2) is 8.78 Å². The molecule has 0 unspecified atom stereocenters. The third-order valence-electron chi connectivity index (χ3n) is 9.34. The summed E-state index contributed by atoms with van der Waals surface area (Å²) in [4.78, 5) is 19.5. The van der Waals surface area contributed by atoms with E-state index in [9.17, 15) is 26.7 Å². The van der Waals surface area contributed by atoms with E-state index in [1.54, 1.807) is 41.9 Å². The lowest BCUT2D eigenvalue weighted by atomic mass is 9.60. The first-order chi connectivity index (χ1) is 20.3. The number of hydrogen-bond donors (Lipinski definition) is 0. The van der Waals surface area contributed by atoms with Gasteiger partial charge in [0.05, 0.1) is 12.1 Å². The fraction of sp³-hybridized carbons (Fsp3) is 0.516. The Bertz CT molecular complexity index is 1530. The van der Waals surface area contributed by atoms with E-state index in [0.29, 0.717) is 29.2 Å². The molecule has 3 heterocycles. The first kappa shape index (κ1) is 29.7. The minimum atomic E-state index is -4.64. The summed E-state index contributed by atoms with van der Waals surface area (Å²) < 4.78 is 73.4. The van der Waals surface area contributed by atoms with Gasteiger partial charge >= 0.3 is 6.18 Å². The lowest BCUT2D eigenvalue weighted by Crippen LogP contribution is -2.51. The highest BCUT2D eigenvalue weighted by molar-refractivity contribution is 6.10. The van der Waals surface area contributed by atoms with Gasteiger partial charge in [0.15, 0.2) is 0 Å². The average Bonchev–Trinajstić information content (AvgIpc) is 3.49. The van der Waals surface area contributed by atoms with E-state index in [4.69, 9.17) is 0 Å². The normalized spacial score (nSPS) is 22.1. The number of aryl methyl sites for hydroxylation is 1. The lowest BCUT2D eigenvalue weighted by Gasteiger charge is -2.48. The summed E-state index contributed by atoms with van der Waals surface area (Å²) in [6.45, 7) is 4.53. The van der Waals surface area contributed by atoms with E-state index in [0.717, 1.165) is 26.1 Å². The standard InChI is InChI=1S/C31H35F5N6O/c1-4-22-15-39(2)8-9-41(22)14-20-10-24-25(26(11-20)31(34,35)36)16-42(28(24)43)23-7-5-6-21(12-23)29(17-30(32,33)18-29)13-27-38-37-19-40(27)3/h5-7,10-12,19,22H,4,8-9,13-18H2,1-3H3/t22-/m0/s1. The molecule has 12 heteroatoms. The van der Waals surface area contributed by atoms with Crippen molar-refractivity contribution in [1.82, 2.24) is 24.6 Å². The zero-order valence-corrected chi connectivity index (χ0v) is 24.5. The second-order valence-electron chi connectivity index (χ2n) is 12.4. The van der Waals surface area contributed by atoms with Crippen LogP contribution < -0.4 is 4.90 Å². The van der Waals surface area contributed by atoms with E-state index < -0.39 is 41.8 Å². The lowest BCUT2D eigenvalue weighted by molar-refractivity contribution is -0.138. The summed E-state index contributed by atoms with van der Waals surface area (Å²) in [7, 11) is 3.78. The van der Waals surface area contributed by atoms with Gasteiger partial charge in [-0.15, -0.1) is 10.2 Å². The maximum Gasteiger partial charge on any atom is 0.416 e. The van der Waals surface area contributed by atoms with Gasteiger partial charge < -0.3 is 14.4 Å². The van der Waals surface area contributed by atoms with Crippen molar-refractivity contribution in [2.45, 2.75) is 69.3 Å². The van der Waals surface area contributed by atoms with Crippen LogP contribution in [0.25, 0.3) is 0 Å². The number of anilines is 1. The van der Waals surface area contributed by atoms with E-state index >= 15 is 0 Å². The molecule has 7 nitrogen and oxygen atoms in total. The molecule has 1 saturated carbocycles. The smallest absolute Gasteiger partial charge is 0.321 e. The van der Waals surface area contributed by atoms with Crippen molar-refractivity contribution < 1.29 is 26.7 Å². The zero-order valence-electron chi connectivity index (χ0n) is 24.5. The van der Waals surface area contributed by atoms with Crippen LogP contribution in [0.3, 0.4) is 0 Å². The van der Waals surface area contributed by atoms with Crippen molar-refractivity contribution in [3.63, 3.8) is 0 Å². The van der Waals surface area contributed by atoms with Gasteiger partial charge in [-0.2, -0.15) is 13.2 Å². The number of aromatic nitrogens is 3. The van der Waals surface area contributed by atoms with Gasteiger partial charge in [-0.1, -0.05) is 19.1 Å². The molecule has 43 heavy (non-hydrogen) atoms. The second-order valence-corrected chi connectivity index (χ2v) is 12.4. The van der Waals surface area contributed by atoms with Crippen molar-refractivity contribution in [3.05, 3.63) is 76.4 Å². The molecule has 0 N–H and O–H groups in total. The molecular weight excluding hydrogens is 567 g/mol. The minimum absolute atomic E-state index is 0.0429. The number of halogens is 5. The number of amides is 1. The number of carbonyl (C=O) groups excluding carboxylic acids is 1. The van der Waals surface area contributed by atoms with E-state index in [1.807, 2.05) is 7.05 Å². The summed E-state index contributed by atoms with van der Waals surface area (Å²) in [5.74, 6) is -2.81.